The lowest BCUT2D eigenvalue weighted by Crippen LogP contribution is -2.50. The van der Waals surface area contributed by atoms with E-state index in [0.29, 0.717) is 43.9 Å². The molecule has 0 atom stereocenters. The number of benzene rings is 1. The summed E-state index contributed by atoms with van der Waals surface area (Å²) in [4.78, 5) is 33.7. The van der Waals surface area contributed by atoms with Crippen molar-refractivity contribution < 1.29 is 18.4 Å². The molecule has 172 valence electrons. The molecule has 32 heavy (non-hydrogen) atoms. The molecule has 4 rings (SSSR count). The summed E-state index contributed by atoms with van der Waals surface area (Å²) in [5.74, 6) is 0.991. The summed E-state index contributed by atoms with van der Waals surface area (Å²) >= 11 is 0. The number of piperazine rings is 1. The fraction of sp³-hybridized carbons (Fsp3) is 0.500. The molecule has 0 aliphatic carbocycles. The van der Waals surface area contributed by atoms with Gasteiger partial charge >= 0.3 is 0 Å². The van der Waals surface area contributed by atoms with Gasteiger partial charge in [-0.05, 0) is 31.7 Å². The van der Waals surface area contributed by atoms with E-state index in [0.717, 1.165) is 36.5 Å². The van der Waals surface area contributed by atoms with Crippen LogP contribution in [0.1, 0.15) is 33.0 Å². The number of likely N-dealkylation sites (N-methyl/N-ethyl adjacent to an activating group) is 2. The van der Waals surface area contributed by atoms with Gasteiger partial charge in [-0.25, -0.2) is 4.39 Å². The molecule has 0 unspecified atom stereocenters. The zero-order valence-corrected chi connectivity index (χ0v) is 19.1. The van der Waals surface area contributed by atoms with E-state index in [4.69, 9.17) is 4.42 Å². The van der Waals surface area contributed by atoms with Crippen molar-refractivity contribution in [2.24, 2.45) is 0 Å². The maximum atomic E-state index is 13.3. The largest absolute Gasteiger partial charge is 0.465 e. The van der Waals surface area contributed by atoms with Gasteiger partial charge in [-0.3, -0.25) is 14.5 Å². The summed E-state index contributed by atoms with van der Waals surface area (Å²) in [5, 5.41) is 0. The molecule has 2 aliphatic rings. The highest BCUT2D eigenvalue weighted by molar-refractivity contribution is 5.98. The Hall–Kier alpha value is -2.71. The second-order valence-electron chi connectivity index (χ2n) is 8.87. The van der Waals surface area contributed by atoms with Crippen molar-refractivity contribution in [2.45, 2.75) is 26.4 Å². The van der Waals surface area contributed by atoms with Crippen LogP contribution in [0.5, 0.6) is 0 Å². The molecule has 0 bridgehead atoms. The van der Waals surface area contributed by atoms with E-state index >= 15 is 0 Å². The Morgan fingerprint density at radius 2 is 1.78 bits per heavy atom. The molecule has 0 spiro atoms. The monoisotopic (exact) mass is 442 g/mol. The molecule has 2 amide bonds. The molecule has 0 saturated carbocycles. The number of hydrogen-bond donors (Lipinski definition) is 0. The van der Waals surface area contributed by atoms with Crippen molar-refractivity contribution in [3.8, 4) is 0 Å². The number of fused-ring (bicyclic) bond motifs is 1. The van der Waals surface area contributed by atoms with Crippen LogP contribution in [0.4, 0.5) is 4.39 Å². The summed E-state index contributed by atoms with van der Waals surface area (Å²) in [7, 11) is 3.72. The molecular weight excluding hydrogens is 411 g/mol. The minimum absolute atomic E-state index is 0.0260. The summed E-state index contributed by atoms with van der Waals surface area (Å²) < 4.78 is 19.1. The van der Waals surface area contributed by atoms with Crippen molar-refractivity contribution in [3.63, 3.8) is 0 Å². The lowest BCUT2D eigenvalue weighted by molar-refractivity contribution is -0.133. The Kier molecular flexibility index (Phi) is 6.62. The minimum Gasteiger partial charge on any atom is -0.465 e. The quantitative estimate of drug-likeness (QED) is 0.710. The van der Waals surface area contributed by atoms with Crippen molar-refractivity contribution >= 4 is 11.8 Å². The van der Waals surface area contributed by atoms with E-state index in [1.54, 1.807) is 19.2 Å². The fourth-order valence-electron chi connectivity index (χ4n) is 4.46. The fourth-order valence-corrected chi connectivity index (χ4v) is 4.46. The van der Waals surface area contributed by atoms with Gasteiger partial charge in [0.05, 0.1) is 12.1 Å². The van der Waals surface area contributed by atoms with Gasteiger partial charge < -0.3 is 19.1 Å². The number of hydrogen-bond acceptors (Lipinski definition) is 5. The first-order chi connectivity index (χ1) is 15.3. The third-order valence-corrected chi connectivity index (χ3v) is 6.41. The van der Waals surface area contributed by atoms with Crippen molar-refractivity contribution in [3.05, 3.63) is 58.3 Å². The summed E-state index contributed by atoms with van der Waals surface area (Å²) in [6.07, 6.45) is 0.717. The van der Waals surface area contributed by atoms with Crippen LogP contribution in [0.3, 0.4) is 0 Å². The Bertz CT molecular complexity index is 980. The van der Waals surface area contributed by atoms with Gasteiger partial charge in [0.15, 0.2) is 0 Å². The predicted molar refractivity (Wildman–Crippen MR) is 119 cm³/mol. The van der Waals surface area contributed by atoms with Gasteiger partial charge in [-0.1, -0.05) is 12.1 Å². The van der Waals surface area contributed by atoms with Gasteiger partial charge in [0.2, 0.25) is 5.91 Å². The third-order valence-electron chi connectivity index (χ3n) is 6.41. The molecule has 1 fully saturated rings. The van der Waals surface area contributed by atoms with Crippen LogP contribution in [0.25, 0.3) is 0 Å². The topological polar surface area (TPSA) is 60.2 Å². The highest BCUT2D eigenvalue weighted by atomic mass is 19.1. The van der Waals surface area contributed by atoms with E-state index in [2.05, 4.69) is 9.80 Å². The van der Waals surface area contributed by atoms with E-state index in [1.165, 1.54) is 17.0 Å². The number of carbonyl (C=O) groups is 2. The average molecular weight is 443 g/mol. The Labute approximate surface area is 188 Å². The second-order valence-corrected chi connectivity index (χ2v) is 8.87. The van der Waals surface area contributed by atoms with Crippen molar-refractivity contribution in [2.75, 3.05) is 53.4 Å². The number of rotatable bonds is 5. The average Bonchev–Trinajstić information content (AvgIpc) is 3.10. The first-order valence-corrected chi connectivity index (χ1v) is 11.1. The number of nitrogens with zero attached hydrogens (tertiary/aromatic N) is 4. The second kappa shape index (κ2) is 9.42. The lowest BCUT2D eigenvalue weighted by atomic mass is 10.0. The van der Waals surface area contributed by atoms with Crippen LogP contribution in [0, 0.1) is 12.7 Å². The van der Waals surface area contributed by atoms with Gasteiger partial charge in [-0.2, -0.15) is 0 Å². The van der Waals surface area contributed by atoms with E-state index in [-0.39, 0.29) is 24.2 Å². The summed E-state index contributed by atoms with van der Waals surface area (Å²) in [6.45, 7) is 7.02. The number of furan rings is 1. The normalized spacial score (nSPS) is 17.3. The molecule has 0 radical (unpaired) electrons. The predicted octanol–water partition coefficient (Wildman–Crippen LogP) is 2.13. The molecule has 3 heterocycles. The number of amides is 2. The van der Waals surface area contributed by atoms with Crippen LogP contribution >= 0.6 is 0 Å². The standard InChI is InChI=1S/C24H31FN4O3/c1-17-23(24(31)27(3)16-22(30)29-12-10-26(2)11-13-29)20-15-28(9-8-21(20)32-17)14-18-4-6-19(25)7-5-18/h4-7H,8-16H2,1-3H3. The van der Waals surface area contributed by atoms with Crippen molar-refractivity contribution in [1.29, 1.82) is 0 Å². The molecule has 1 saturated heterocycles. The Balaban J connectivity index is 1.44. The Morgan fingerprint density at radius 3 is 2.47 bits per heavy atom. The smallest absolute Gasteiger partial charge is 0.257 e. The molecule has 2 aromatic rings. The van der Waals surface area contributed by atoms with Gasteiger partial charge in [0, 0.05) is 64.8 Å². The van der Waals surface area contributed by atoms with Crippen molar-refractivity contribution in [1.82, 2.24) is 19.6 Å². The number of carbonyl (C=O) groups excluding carboxylic acids is 2. The minimum atomic E-state index is -0.248. The number of halogens is 1. The molecule has 2 aliphatic heterocycles. The van der Waals surface area contributed by atoms with E-state index in [9.17, 15) is 14.0 Å². The summed E-state index contributed by atoms with van der Waals surface area (Å²) in [5.41, 5.74) is 2.50. The van der Waals surface area contributed by atoms with Crippen LogP contribution in [0.15, 0.2) is 28.7 Å². The van der Waals surface area contributed by atoms with Gasteiger partial charge in [0.25, 0.3) is 5.91 Å². The zero-order chi connectivity index (χ0) is 22.8. The number of aryl methyl sites for hydroxylation is 1. The molecule has 7 nitrogen and oxygen atoms in total. The maximum absolute atomic E-state index is 13.3. The van der Waals surface area contributed by atoms with Gasteiger partial charge in [-0.15, -0.1) is 0 Å². The SMILES string of the molecule is Cc1oc2c(c1C(=O)N(C)CC(=O)N1CCN(C)CC1)CN(Cc1ccc(F)cc1)CC2. The maximum Gasteiger partial charge on any atom is 0.257 e. The first-order valence-electron chi connectivity index (χ1n) is 11.1. The van der Waals surface area contributed by atoms with Crippen LogP contribution < -0.4 is 0 Å². The molecular formula is C24H31FN4O3. The lowest BCUT2D eigenvalue weighted by Gasteiger charge is -2.33. The van der Waals surface area contributed by atoms with Crippen LogP contribution in [-0.4, -0.2) is 84.8 Å². The first kappa shape index (κ1) is 22.5. The van der Waals surface area contributed by atoms with E-state index in [1.807, 2.05) is 18.9 Å². The van der Waals surface area contributed by atoms with Gasteiger partial charge in [0.1, 0.15) is 17.3 Å². The Morgan fingerprint density at radius 1 is 1.09 bits per heavy atom. The third kappa shape index (κ3) is 4.86. The molecule has 1 aromatic carbocycles. The van der Waals surface area contributed by atoms with E-state index < -0.39 is 0 Å². The molecule has 0 N–H and O–H groups in total. The van der Waals surface area contributed by atoms with Crippen LogP contribution in [-0.2, 0) is 24.3 Å². The molecule has 8 heteroatoms. The van der Waals surface area contributed by atoms with Crippen LogP contribution in [0.2, 0.25) is 0 Å². The summed E-state index contributed by atoms with van der Waals surface area (Å²) in [6, 6.07) is 6.51. The zero-order valence-electron chi connectivity index (χ0n) is 19.1. The highest BCUT2D eigenvalue weighted by Crippen LogP contribution is 2.30. The highest BCUT2D eigenvalue weighted by Gasteiger charge is 2.31. The molecule has 1 aromatic heterocycles.